The quantitative estimate of drug-likeness (QED) is 0.196. The Morgan fingerprint density at radius 1 is 0.444 bits per heavy atom. The molecule has 0 saturated carbocycles. The van der Waals surface area contributed by atoms with Crippen LogP contribution in [-0.4, -0.2) is 0 Å². The van der Waals surface area contributed by atoms with Gasteiger partial charge in [-0.1, -0.05) is 114 Å². The Balaban J connectivity index is 0.00000108. The lowest BCUT2D eigenvalue weighted by molar-refractivity contribution is 0.645. The molecule has 6 aromatic carbocycles. The molecule has 2 aliphatic carbocycles. The van der Waals surface area contributed by atoms with E-state index in [2.05, 4.69) is 113 Å². The van der Waals surface area contributed by atoms with Crippen LogP contribution in [0.1, 0.15) is 63.8 Å². The van der Waals surface area contributed by atoms with Gasteiger partial charge in [0.05, 0.1) is 0 Å². The van der Waals surface area contributed by atoms with Gasteiger partial charge in [-0.15, -0.1) is 0 Å². The average molecular weight is 465 g/mol. The largest absolute Gasteiger partial charge is 0.0683 e. The van der Waals surface area contributed by atoms with Gasteiger partial charge in [0.1, 0.15) is 0 Å². The first kappa shape index (κ1) is 21.6. The summed E-state index contributed by atoms with van der Waals surface area (Å²) < 4.78 is 0. The third-order valence-corrected chi connectivity index (χ3v) is 8.99. The van der Waals surface area contributed by atoms with Crippen LogP contribution >= 0.6 is 0 Å². The zero-order valence-electron chi connectivity index (χ0n) is 22.1. The minimum atomic E-state index is -0.0254. The van der Waals surface area contributed by atoms with Crippen LogP contribution in [-0.2, 0) is 10.8 Å². The number of hydrogen-bond donors (Lipinski definition) is 0. The van der Waals surface area contributed by atoms with Crippen LogP contribution in [0.3, 0.4) is 0 Å². The summed E-state index contributed by atoms with van der Waals surface area (Å²) in [6.45, 7) is 13.5. The van der Waals surface area contributed by atoms with E-state index in [1.165, 1.54) is 76.8 Å². The highest BCUT2D eigenvalue weighted by Crippen LogP contribution is 2.56. The first-order valence-corrected chi connectivity index (χ1v) is 13.4. The second-order valence-electron chi connectivity index (χ2n) is 11.4. The molecule has 0 unspecified atom stereocenters. The van der Waals surface area contributed by atoms with Gasteiger partial charge in [0.15, 0.2) is 0 Å². The zero-order chi connectivity index (χ0) is 25.0. The molecule has 0 spiro atoms. The second-order valence-corrected chi connectivity index (χ2v) is 11.4. The maximum atomic E-state index is 2.50. The smallest absolute Gasteiger partial charge is 0.0159 e. The second kappa shape index (κ2) is 6.98. The first-order valence-electron chi connectivity index (χ1n) is 13.4. The Morgan fingerprint density at radius 3 is 1.81 bits per heavy atom. The highest BCUT2D eigenvalue weighted by molar-refractivity contribution is 6.30. The fourth-order valence-corrected chi connectivity index (χ4v) is 7.31. The van der Waals surface area contributed by atoms with Gasteiger partial charge in [-0.05, 0) is 89.0 Å². The van der Waals surface area contributed by atoms with Gasteiger partial charge >= 0.3 is 0 Å². The molecule has 36 heavy (non-hydrogen) atoms. The van der Waals surface area contributed by atoms with E-state index in [4.69, 9.17) is 0 Å². The Hall–Kier alpha value is -3.64. The summed E-state index contributed by atoms with van der Waals surface area (Å²) in [6.07, 6.45) is 0. The van der Waals surface area contributed by atoms with E-state index in [1.54, 1.807) is 0 Å². The minimum absolute atomic E-state index is 0.00132. The molecule has 0 amide bonds. The van der Waals surface area contributed by atoms with Crippen molar-refractivity contribution in [2.45, 2.75) is 52.4 Å². The van der Waals surface area contributed by atoms with Gasteiger partial charge in [0.25, 0.3) is 0 Å². The lowest BCUT2D eigenvalue weighted by Crippen LogP contribution is -2.23. The summed E-state index contributed by atoms with van der Waals surface area (Å²) in [6, 6.07) is 32.5. The van der Waals surface area contributed by atoms with E-state index < -0.39 is 0 Å². The van der Waals surface area contributed by atoms with Crippen LogP contribution in [0, 0.1) is 0 Å². The average Bonchev–Trinajstić information content (AvgIpc) is 3.14. The van der Waals surface area contributed by atoms with Gasteiger partial charge in [-0.25, -0.2) is 0 Å². The van der Waals surface area contributed by atoms with Crippen LogP contribution in [0.5, 0.6) is 0 Å². The highest BCUT2D eigenvalue weighted by atomic mass is 14.4. The Bertz CT molecular complexity index is 1840. The number of fused-ring (bicyclic) bond motifs is 6. The fourth-order valence-electron chi connectivity index (χ4n) is 7.31. The van der Waals surface area contributed by atoms with Crippen molar-refractivity contribution in [3.63, 3.8) is 0 Å². The molecule has 2 aliphatic rings. The molecule has 0 N–H and O–H groups in total. The fraction of sp³-hybridized carbons (Fsp3) is 0.222. The lowest BCUT2D eigenvalue weighted by atomic mass is 9.67. The van der Waals surface area contributed by atoms with E-state index in [1.807, 2.05) is 13.8 Å². The van der Waals surface area contributed by atoms with E-state index in [0.29, 0.717) is 0 Å². The molecule has 8 rings (SSSR count). The van der Waals surface area contributed by atoms with Crippen LogP contribution in [0.2, 0.25) is 0 Å². The van der Waals surface area contributed by atoms with Crippen molar-refractivity contribution in [2.24, 2.45) is 0 Å². The van der Waals surface area contributed by atoms with Crippen molar-refractivity contribution in [3.8, 4) is 22.3 Å². The third-order valence-electron chi connectivity index (χ3n) is 8.99. The summed E-state index contributed by atoms with van der Waals surface area (Å²) in [5.74, 6) is 0. The summed E-state index contributed by atoms with van der Waals surface area (Å²) in [5.41, 5.74) is 11.4. The van der Waals surface area contributed by atoms with Gasteiger partial charge < -0.3 is 0 Å². The first-order chi connectivity index (χ1) is 17.4. The third kappa shape index (κ3) is 2.40. The number of hydrogen-bond acceptors (Lipinski definition) is 0. The van der Waals surface area contributed by atoms with Crippen LogP contribution < -0.4 is 0 Å². The van der Waals surface area contributed by atoms with Gasteiger partial charge in [-0.3, -0.25) is 0 Å². The molecule has 0 fully saturated rings. The Labute approximate surface area is 213 Å². The van der Waals surface area contributed by atoms with Crippen LogP contribution in [0.25, 0.3) is 54.6 Å². The molecule has 0 nitrogen and oxygen atoms in total. The normalized spacial score (nSPS) is 15.9. The molecule has 0 heteroatoms. The summed E-state index contributed by atoms with van der Waals surface area (Å²) >= 11 is 0. The van der Waals surface area contributed by atoms with E-state index in [9.17, 15) is 0 Å². The maximum absolute atomic E-state index is 2.50. The minimum Gasteiger partial charge on any atom is -0.0683 e. The highest BCUT2D eigenvalue weighted by Gasteiger charge is 2.38. The molecule has 6 aromatic rings. The molecular formula is C36H32. The van der Waals surface area contributed by atoms with Crippen molar-refractivity contribution >= 4 is 32.3 Å². The Morgan fingerprint density at radius 2 is 1.06 bits per heavy atom. The van der Waals surface area contributed by atoms with Gasteiger partial charge in [0.2, 0.25) is 0 Å². The zero-order valence-corrected chi connectivity index (χ0v) is 22.1. The van der Waals surface area contributed by atoms with E-state index >= 15 is 0 Å². The Kier molecular flexibility index (Phi) is 4.19. The SMILES string of the molecule is CC.CC1(C)c2ccccc2-c2c1cc1cc3c4c(ccc5ccc2c1c54)C(C)(C)c1ccccc1-3. The molecular weight excluding hydrogens is 432 g/mol. The van der Waals surface area contributed by atoms with Crippen molar-refractivity contribution in [2.75, 3.05) is 0 Å². The van der Waals surface area contributed by atoms with E-state index in [-0.39, 0.29) is 10.8 Å². The molecule has 0 saturated heterocycles. The van der Waals surface area contributed by atoms with Crippen molar-refractivity contribution in [3.05, 3.63) is 107 Å². The summed E-state index contributed by atoms with van der Waals surface area (Å²) in [4.78, 5) is 0. The van der Waals surface area contributed by atoms with Crippen molar-refractivity contribution in [1.29, 1.82) is 0 Å². The molecule has 0 radical (unpaired) electrons. The molecule has 0 aliphatic heterocycles. The molecule has 0 aromatic heterocycles. The monoisotopic (exact) mass is 464 g/mol. The van der Waals surface area contributed by atoms with Gasteiger partial charge in [0, 0.05) is 10.8 Å². The van der Waals surface area contributed by atoms with Crippen LogP contribution in [0.15, 0.2) is 84.9 Å². The maximum Gasteiger partial charge on any atom is 0.0159 e. The predicted octanol–water partition coefficient (Wildman–Crippen LogP) is 10.2. The predicted molar refractivity (Wildman–Crippen MR) is 157 cm³/mol. The topological polar surface area (TPSA) is 0 Å². The number of rotatable bonds is 0. The summed E-state index contributed by atoms with van der Waals surface area (Å²) in [5, 5.41) is 8.44. The van der Waals surface area contributed by atoms with Crippen molar-refractivity contribution < 1.29 is 0 Å². The molecule has 0 heterocycles. The lowest BCUT2D eigenvalue weighted by Gasteiger charge is -2.36. The van der Waals surface area contributed by atoms with Crippen molar-refractivity contribution in [1.82, 2.24) is 0 Å². The molecule has 0 atom stereocenters. The molecule has 176 valence electrons. The van der Waals surface area contributed by atoms with Crippen LogP contribution in [0.4, 0.5) is 0 Å². The molecule has 0 bridgehead atoms. The summed E-state index contributed by atoms with van der Waals surface area (Å²) in [7, 11) is 0. The number of benzene rings is 6. The van der Waals surface area contributed by atoms with E-state index in [0.717, 1.165) is 0 Å². The standard InChI is InChI=1S/C34H26.C2H6/c1-33(2)25-11-7-5-9-21(25)24-17-20-18-28-31(22-10-6-8-12-26(22)34(28,3)4)23-15-13-19-14-16-27(33)32(24)30(19)29(20)23;1-2/h5-18H,1-4H3;1-2H3. The van der Waals surface area contributed by atoms with Gasteiger partial charge in [-0.2, -0.15) is 0 Å².